The molecule has 2 aromatic rings. The third kappa shape index (κ3) is 7.04. The van der Waals surface area contributed by atoms with Crippen molar-refractivity contribution < 1.29 is 13.2 Å². The van der Waals surface area contributed by atoms with Crippen LogP contribution in [0.1, 0.15) is 48.0 Å². The second-order valence-corrected chi connectivity index (χ2v) is 12.0. The second-order valence-electron chi connectivity index (χ2n) is 7.93. The average molecular weight is 516 g/mol. The number of anilines is 1. The predicted octanol–water partition coefficient (Wildman–Crippen LogP) is 5.76. The van der Waals surface area contributed by atoms with Crippen molar-refractivity contribution in [1.29, 1.82) is 0 Å². The van der Waals surface area contributed by atoms with Crippen molar-refractivity contribution in [2.24, 2.45) is 0 Å². The largest absolute Gasteiger partial charge is 0.351 e. The minimum Gasteiger partial charge on any atom is -0.351 e. The van der Waals surface area contributed by atoms with Gasteiger partial charge in [0.05, 0.1) is 28.5 Å². The molecule has 1 amide bonds. The van der Waals surface area contributed by atoms with Gasteiger partial charge in [-0.1, -0.05) is 60.7 Å². The summed E-state index contributed by atoms with van der Waals surface area (Å²) in [7, 11) is -3.60. The lowest BCUT2D eigenvalue weighted by Crippen LogP contribution is -2.29. The van der Waals surface area contributed by atoms with Crippen LogP contribution in [0.4, 0.5) is 5.69 Å². The Labute approximate surface area is 204 Å². The van der Waals surface area contributed by atoms with Crippen molar-refractivity contribution in [2.75, 3.05) is 22.9 Å². The fraction of sp³-hybridized carbons (Fsp3) is 0.435. The van der Waals surface area contributed by atoms with Crippen LogP contribution in [0.3, 0.4) is 0 Å². The summed E-state index contributed by atoms with van der Waals surface area (Å²) in [6.07, 6.45) is 7.67. The van der Waals surface area contributed by atoms with E-state index in [0.29, 0.717) is 17.8 Å². The standard InChI is InChI=1S/C23H28Cl2N2O3S2/c1-32(29,30)27(21-9-5-8-20(24)22(21)25)16-17-10-12-18(13-11-17)23(28)26-14-15-31-19-6-3-2-4-7-19/h5,8-13,19H,2-4,6-7,14-16H2,1H3,(H,26,28). The van der Waals surface area contributed by atoms with E-state index in [2.05, 4.69) is 5.32 Å². The summed E-state index contributed by atoms with van der Waals surface area (Å²) in [6, 6.07) is 11.8. The van der Waals surface area contributed by atoms with Crippen LogP contribution in [-0.2, 0) is 16.6 Å². The summed E-state index contributed by atoms with van der Waals surface area (Å²) < 4.78 is 26.0. The van der Waals surface area contributed by atoms with Gasteiger partial charge in [-0.3, -0.25) is 9.10 Å². The second kappa shape index (κ2) is 11.6. The van der Waals surface area contributed by atoms with Gasteiger partial charge in [0.2, 0.25) is 10.0 Å². The molecule has 2 aromatic carbocycles. The van der Waals surface area contributed by atoms with Gasteiger partial charge in [0.25, 0.3) is 5.91 Å². The first-order valence-corrected chi connectivity index (χ1v) is 14.3. The SMILES string of the molecule is CS(=O)(=O)N(Cc1ccc(C(=O)NCCSC2CCCCC2)cc1)c1cccc(Cl)c1Cl. The van der Waals surface area contributed by atoms with E-state index < -0.39 is 10.0 Å². The average Bonchev–Trinajstić information content (AvgIpc) is 2.77. The van der Waals surface area contributed by atoms with E-state index in [1.807, 2.05) is 11.8 Å². The molecule has 174 valence electrons. The van der Waals surface area contributed by atoms with E-state index in [4.69, 9.17) is 23.2 Å². The molecule has 1 fully saturated rings. The van der Waals surface area contributed by atoms with Crippen molar-refractivity contribution in [3.8, 4) is 0 Å². The third-order valence-electron chi connectivity index (χ3n) is 5.44. The van der Waals surface area contributed by atoms with Gasteiger partial charge in [0.15, 0.2) is 0 Å². The van der Waals surface area contributed by atoms with E-state index in [1.54, 1.807) is 42.5 Å². The molecule has 0 aliphatic heterocycles. The van der Waals surface area contributed by atoms with Crippen LogP contribution in [0.15, 0.2) is 42.5 Å². The minimum absolute atomic E-state index is 0.0822. The summed E-state index contributed by atoms with van der Waals surface area (Å²) in [6.45, 7) is 0.718. The van der Waals surface area contributed by atoms with E-state index in [9.17, 15) is 13.2 Å². The Bertz CT molecular complexity index is 1020. The molecule has 1 saturated carbocycles. The number of nitrogens with one attached hydrogen (secondary N) is 1. The Hall–Kier alpha value is -1.41. The molecule has 1 N–H and O–H groups in total. The summed E-state index contributed by atoms with van der Waals surface area (Å²) >= 11 is 14.3. The Balaban J connectivity index is 1.58. The number of thioether (sulfide) groups is 1. The normalized spacial score (nSPS) is 14.8. The van der Waals surface area contributed by atoms with E-state index >= 15 is 0 Å². The zero-order valence-corrected chi connectivity index (χ0v) is 21.2. The van der Waals surface area contributed by atoms with Gasteiger partial charge in [-0.2, -0.15) is 11.8 Å². The number of nitrogens with zero attached hydrogens (tertiary/aromatic N) is 1. The van der Waals surface area contributed by atoms with Crippen LogP contribution in [0, 0.1) is 0 Å². The van der Waals surface area contributed by atoms with Gasteiger partial charge in [-0.25, -0.2) is 8.42 Å². The maximum atomic E-state index is 12.4. The van der Waals surface area contributed by atoms with Crippen LogP contribution in [0.25, 0.3) is 0 Å². The number of amides is 1. The van der Waals surface area contributed by atoms with Crippen LogP contribution < -0.4 is 9.62 Å². The summed E-state index contributed by atoms with van der Waals surface area (Å²) in [5.74, 6) is 0.789. The fourth-order valence-corrected chi connectivity index (χ4v) is 6.28. The molecule has 0 aromatic heterocycles. The molecule has 0 saturated heterocycles. The first-order chi connectivity index (χ1) is 15.3. The number of benzene rings is 2. The topological polar surface area (TPSA) is 66.5 Å². The van der Waals surface area contributed by atoms with Gasteiger partial charge in [0.1, 0.15) is 0 Å². The highest BCUT2D eigenvalue weighted by Crippen LogP contribution is 2.34. The van der Waals surface area contributed by atoms with Crippen molar-refractivity contribution >= 4 is 56.6 Å². The number of halogens is 2. The zero-order valence-electron chi connectivity index (χ0n) is 18.0. The molecule has 0 radical (unpaired) electrons. The lowest BCUT2D eigenvalue weighted by atomic mass is 10.0. The van der Waals surface area contributed by atoms with Crippen LogP contribution >= 0.6 is 35.0 Å². The number of rotatable bonds is 9. The highest BCUT2D eigenvalue weighted by atomic mass is 35.5. The molecule has 9 heteroatoms. The molecule has 0 bridgehead atoms. The number of hydrogen-bond acceptors (Lipinski definition) is 4. The lowest BCUT2D eigenvalue weighted by Gasteiger charge is -2.24. The number of carbonyl (C=O) groups is 1. The summed E-state index contributed by atoms with van der Waals surface area (Å²) in [5.41, 5.74) is 1.60. The summed E-state index contributed by atoms with van der Waals surface area (Å²) in [5, 5.41) is 4.16. The molecule has 0 unspecified atom stereocenters. The first kappa shape index (κ1) is 25.2. The quantitative estimate of drug-likeness (QED) is 0.432. The molecular formula is C23H28Cl2N2O3S2. The Kier molecular flexibility index (Phi) is 9.17. The van der Waals surface area contributed by atoms with Crippen molar-refractivity contribution in [2.45, 2.75) is 43.9 Å². The van der Waals surface area contributed by atoms with E-state index in [1.165, 1.54) is 36.4 Å². The molecule has 0 heterocycles. The highest BCUT2D eigenvalue weighted by molar-refractivity contribution is 7.99. The molecule has 1 aliphatic carbocycles. The molecule has 1 aliphatic rings. The number of hydrogen-bond donors (Lipinski definition) is 1. The van der Waals surface area contributed by atoms with Crippen molar-refractivity contribution in [1.82, 2.24) is 5.32 Å². The maximum absolute atomic E-state index is 12.4. The van der Waals surface area contributed by atoms with Gasteiger partial charge in [0, 0.05) is 23.1 Å². The number of carbonyl (C=O) groups excluding carboxylic acids is 1. The van der Waals surface area contributed by atoms with Gasteiger partial charge >= 0.3 is 0 Å². The van der Waals surface area contributed by atoms with Crippen LogP contribution in [-0.4, -0.2) is 38.1 Å². The molecule has 0 atom stereocenters. The molecule has 32 heavy (non-hydrogen) atoms. The minimum atomic E-state index is -3.60. The maximum Gasteiger partial charge on any atom is 0.251 e. The molecule has 0 spiro atoms. The van der Waals surface area contributed by atoms with Crippen molar-refractivity contribution in [3.05, 3.63) is 63.6 Å². The summed E-state index contributed by atoms with van der Waals surface area (Å²) in [4.78, 5) is 12.4. The monoisotopic (exact) mass is 514 g/mol. The fourth-order valence-electron chi connectivity index (χ4n) is 3.72. The highest BCUT2D eigenvalue weighted by Gasteiger charge is 2.22. The predicted molar refractivity (Wildman–Crippen MR) is 136 cm³/mol. The van der Waals surface area contributed by atoms with Gasteiger partial charge in [-0.15, -0.1) is 0 Å². The lowest BCUT2D eigenvalue weighted by molar-refractivity contribution is 0.0956. The Morgan fingerprint density at radius 1 is 1.09 bits per heavy atom. The molecular weight excluding hydrogens is 487 g/mol. The van der Waals surface area contributed by atoms with Gasteiger partial charge in [-0.05, 0) is 42.7 Å². The Morgan fingerprint density at radius 2 is 1.78 bits per heavy atom. The molecule has 3 rings (SSSR count). The first-order valence-electron chi connectivity index (χ1n) is 10.7. The number of sulfonamides is 1. The van der Waals surface area contributed by atoms with E-state index in [-0.39, 0.29) is 22.5 Å². The van der Waals surface area contributed by atoms with Crippen molar-refractivity contribution in [3.63, 3.8) is 0 Å². The van der Waals surface area contributed by atoms with Gasteiger partial charge < -0.3 is 5.32 Å². The Morgan fingerprint density at radius 3 is 2.44 bits per heavy atom. The van der Waals surface area contributed by atoms with Crippen LogP contribution in [0.5, 0.6) is 0 Å². The zero-order chi connectivity index (χ0) is 23.1. The third-order valence-corrected chi connectivity index (χ3v) is 8.75. The molecule has 5 nitrogen and oxygen atoms in total. The van der Waals surface area contributed by atoms with E-state index in [0.717, 1.165) is 22.8 Å². The van der Waals surface area contributed by atoms with Crippen LogP contribution in [0.2, 0.25) is 10.0 Å². The smallest absolute Gasteiger partial charge is 0.251 e.